The smallest absolute Gasteiger partial charge is 0.270 e. The summed E-state index contributed by atoms with van der Waals surface area (Å²) in [5.41, 5.74) is 1.20. The minimum Gasteiger partial charge on any atom is -0.296 e. The third-order valence-corrected chi connectivity index (χ3v) is 4.40. The fourth-order valence-corrected chi connectivity index (χ4v) is 3.00. The Morgan fingerprint density at radius 1 is 1.41 bits per heavy atom. The molecule has 0 aliphatic rings. The number of fused-ring (bicyclic) bond motifs is 1. The molecule has 8 heteroatoms. The van der Waals surface area contributed by atoms with Crippen molar-refractivity contribution in [3.8, 4) is 11.3 Å². The first-order valence-corrected chi connectivity index (χ1v) is 7.42. The number of nitro benzene ring substituents is 1. The maximum atomic E-state index is 11.4. The van der Waals surface area contributed by atoms with Crippen LogP contribution in [-0.4, -0.2) is 25.8 Å². The highest BCUT2D eigenvalue weighted by atomic mass is 32.1. The van der Waals surface area contributed by atoms with Crippen molar-refractivity contribution >= 4 is 28.3 Å². The third-order valence-electron chi connectivity index (χ3n) is 3.19. The molecule has 0 spiro atoms. The molecule has 0 unspecified atom stereocenters. The number of carbonyl (C=O) groups is 1. The fourth-order valence-electron chi connectivity index (χ4n) is 2.10. The van der Waals surface area contributed by atoms with Gasteiger partial charge in [-0.1, -0.05) is 37.3 Å². The molecule has 0 aliphatic heterocycles. The van der Waals surface area contributed by atoms with Crippen molar-refractivity contribution in [3.63, 3.8) is 0 Å². The lowest BCUT2D eigenvalue weighted by Gasteiger charge is -1.99. The molecule has 0 saturated heterocycles. The minimum absolute atomic E-state index is 0.0402. The predicted molar refractivity (Wildman–Crippen MR) is 82.4 cm³/mol. The molecule has 7 nitrogen and oxygen atoms in total. The molecule has 0 atom stereocenters. The Morgan fingerprint density at radius 2 is 2.18 bits per heavy atom. The van der Waals surface area contributed by atoms with E-state index in [0.29, 0.717) is 28.2 Å². The van der Waals surface area contributed by atoms with Crippen LogP contribution in [0.25, 0.3) is 16.2 Å². The van der Waals surface area contributed by atoms with E-state index in [9.17, 15) is 14.9 Å². The number of aldehydes is 1. The lowest BCUT2D eigenvalue weighted by molar-refractivity contribution is -0.384. The molecule has 3 aromatic rings. The molecular weight excluding hydrogens is 304 g/mol. The van der Waals surface area contributed by atoms with Crippen LogP contribution in [0, 0.1) is 10.1 Å². The number of rotatable bonds is 4. The van der Waals surface area contributed by atoms with Gasteiger partial charge in [0.1, 0.15) is 16.4 Å². The molecule has 2 heterocycles. The molecule has 2 aromatic heterocycles. The maximum Gasteiger partial charge on any atom is 0.270 e. The van der Waals surface area contributed by atoms with Crippen LogP contribution < -0.4 is 0 Å². The van der Waals surface area contributed by atoms with Crippen LogP contribution in [0.2, 0.25) is 0 Å². The number of nitro groups is 1. The summed E-state index contributed by atoms with van der Waals surface area (Å²) in [6.45, 7) is 4.03. The van der Waals surface area contributed by atoms with Crippen LogP contribution in [-0.2, 0) is 0 Å². The second kappa shape index (κ2) is 5.30. The van der Waals surface area contributed by atoms with Crippen molar-refractivity contribution in [2.75, 3.05) is 0 Å². The third kappa shape index (κ3) is 2.27. The van der Waals surface area contributed by atoms with E-state index in [0.717, 1.165) is 5.01 Å². The van der Waals surface area contributed by atoms with Gasteiger partial charge in [0.25, 0.3) is 5.69 Å². The van der Waals surface area contributed by atoms with Crippen molar-refractivity contribution in [3.05, 3.63) is 45.1 Å². The molecule has 3 rings (SSSR count). The molecule has 1 aromatic carbocycles. The summed E-state index contributed by atoms with van der Waals surface area (Å²) >= 11 is 1.41. The first kappa shape index (κ1) is 14.3. The van der Waals surface area contributed by atoms with Crippen LogP contribution in [0.1, 0.15) is 35.3 Å². The molecule has 0 fully saturated rings. The molecule has 0 radical (unpaired) electrons. The fraction of sp³-hybridized carbons (Fsp3) is 0.214. The second-order valence-corrected chi connectivity index (χ2v) is 6.05. The minimum atomic E-state index is -0.475. The number of imidazole rings is 1. The summed E-state index contributed by atoms with van der Waals surface area (Å²) in [5, 5.41) is 16.2. The summed E-state index contributed by atoms with van der Waals surface area (Å²) in [4.78, 5) is 26.9. The highest BCUT2D eigenvalue weighted by Crippen LogP contribution is 2.30. The monoisotopic (exact) mass is 316 g/mol. The molecular formula is C14H12N4O3S. The van der Waals surface area contributed by atoms with Gasteiger partial charge in [-0.2, -0.15) is 9.61 Å². The van der Waals surface area contributed by atoms with Gasteiger partial charge in [-0.25, -0.2) is 4.98 Å². The van der Waals surface area contributed by atoms with Gasteiger partial charge in [-0.05, 0) is 0 Å². The van der Waals surface area contributed by atoms with E-state index in [1.165, 1.54) is 28.0 Å². The van der Waals surface area contributed by atoms with Crippen molar-refractivity contribution in [1.29, 1.82) is 0 Å². The summed E-state index contributed by atoms with van der Waals surface area (Å²) in [6.07, 6.45) is 0.679. The average molecular weight is 316 g/mol. The van der Waals surface area contributed by atoms with Crippen LogP contribution in [0.15, 0.2) is 24.3 Å². The Kier molecular flexibility index (Phi) is 3.45. The SMILES string of the molecule is CC(C)c1nn2c(C=O)c(-c3cccc([N+](=O)[O-])c3)nc2s1. The van der Waals surface area contributed by atoms with Gasteiger partial charge in [0, 0.05) is 23.6 Å². The molecule has 0 saturated carbocycles. The van der Waals surface area contributed by atoms with Crippen LogP contribution in [0.5, 0.6) is 0 Å². The summed E-state index contributed by atoms with van der Waals surface area (Å²) in [7, 11) is 0. The van der Waals surface area contributed by atoms with Crippen LogP contribution in [0.4, 0.5) is 5.69 Å². The normalized spacial score (nSPS) is 11.2. The second-order valence-electron chi connectivity index (χ2n) is 5.06. The number of non-ortho nitro benzene ring substituents is 1. The molecule has 112 valence electrons. The summed E-state index contributed by atoms with van der Waals surface area (Å²) < 4.78 is 1.50. The van der Waals surface area contributed by atoms with E-state index in [-0.39, 0.29) is 11.6 Å². The quantitative estimate of drug-likeness (QED) is 0.418. The Labute approximate surface area is 129 Å². The van der Waals surface area contributed by atoms with Crippen molar-refractivity contribution in [2.45, 2.75) is 19.8 Å². The van der Waals surface area contributed by atoms with Gasteiger partial charge >= 0.3 is 0 Å². The lowest BCUT2D eigenvalue weighted by Crippen LogP contribution is -1.96. The Balaban J connectivity index is 2.18. The number of carbonyl (C=O) groups excluding carboxylic acids is 1. The van der Waals surface area contributed by atoms with Crippen molar-refractivity contribution < 1.29 is 9.72 Å². The van der Waals surface area contributed by atoms with E-state index >= 15 is 0 Å². The summed E-state index contributed by atoms with van der Waals surface area (Å²) in [6, 6.07) is 6.07. The van der Waals surface area contributed by atoms with Gasteiger partial charge in [-0.15, -0.1) is 0 Å². The average Bonchev–Trinajstić information content (AvgIpc) is 3.04. The van der Waals surface area contributed by atoms with E-state index in [2.05, 4.69) is 10.1 Å². The number of hydrogen-bond acceptors (Lipinski definition) is 6. The largest absolute Gasteiger partial charge is 0.296 e. The molecule has 0 N–H and O–H groups in total. The number of benzene rings is 1. The highest BCUT2D eigenvalue weighted by molar-refractivity contribution is 7.16. The zero-order valence-corrected chi connectivity index (χ0v) is 12.7. The molecule has 0 aliphatic carbocycles. The molecule has 0 amide bonds. The number of aromatic nitrogens is 3. The number of hydrogen-bond donors (Lipinski definition) is 0. The topological polar surface area (TPSA) is 90.4 Å². The van der Waals surface area contributed by atoms with Crippen molar-refractivity contribution in [1.82, 2.24) is 14.6 Å². The van der Waals surface area contributed by atoms with E-state index in [1.807, 2.05) is 13.8 Å². The Hall–Kier alpha value is -2.61. The maximum absolute atomic E-state index is 11.4. The first-order chi connectivity index (χ1) is 10.5. The van der Waals surface area contributed by atoms with Gasteiger partial charge < -0.3 is 0 Å². The first-order valence-electron chi connectivity index (χ1n) is 6.60. The van der Waals surface area contributed by atoms with E-state index in [1.54, 1.807) is 12.1 Å². The predicted octanol–water partition coefficient (Wildman–Crippen LogP) is 3.30. The van der Waals surface area contributed by atoms with Crippen molar-refractivity contribution in [2.24, 2.45) is 0 Å². The van der Waals surface area contributed by atoms with E-state index in [4.69, 9.17) is 0 Å². The van der Waals surface area contributed by atoms with Gasteiger partial charge in [0.15, 0.2) is 6.29 Å². The summed E-state index contributed by atoms with van der Waals surface area (Å²) in [5.74, 6) is 0.243. The zero-order valence-electron chi connectivity index (χ0n) is 11.9. The molecule has 0 bridgehead atoms. The van der Waals surface area contributed by atoms with E-state index < -0.39 is 4.92 Å². The Morgan fingerprint density at radius 3 is 2.82 bits per heavy atom. The number of nitrogens with zero attached hydrogens (tertiary/aromatic N) is 4. The zero-order chi connectivity index (χ0) is 15.9. The Bertz CT molecular complexity index is 881. The van der Waals surface area contributed by atoms with Gasteiger partial charge in [0.05, 0.1) is 4.92 Å². The standard InChI is InChI=1S/C14H12N4O3S/c1-8(2)13-16-17-11(7-19)12(15-14(17)22-13)9-4-3-5-10(6-9)18(20)21/h3-8H,1-2H3. The van der Waals surface area contributed by atoms with Crippen LogP contribution in [0.3, 0.4) is 0 Å². The highest BCUT2D eigenvalue weighted by Gasteiger charge is 2.19. The lowest BCUT2D eigenvalue weighted by atomic mass is 10.1. The van der Waals surface area contributed by atoms with Gasteiger partial charge in [0.2, 0.25) is 4.96 Å². The van der Waals surface area contributed by atoms with Crippen LogP contribution >= 0.6 is 11.3 Å². The molecule has 22 heavy (non-hydrogen) atoms. The van der Waals surface area contributed by atoms with Gasteiger partial charge in [-0.3, -0.25) is 14.9 Å².